The molecule has 0 saturated heterocycles. The Morgan fingerprint density at radius 3 is 1.97 bits per heavy atom. The van der Waals surface area contributed by atoms with Crippen LogP contribution in [0.3, 0.4) is 0 Å². The molecule has 0 spiro atoms. The fourth-order valence-electron chi connectivity index (χ4n) is 3.23. The van der Waals surface area contributed by atoms with Crippen LogP contribution >= 0.6 is 26.0 Å². The van der Waals surface area contributed by atoms with Crippen molar-refractivity contribution in [3.05, 3.63) is 82.9 Å². The van der Waals surface area contributed by atoms with E-state index in [4.69, 9.17) is 0 Å². The predicted molar refractivity (Wildman–Crippen MR) is 133 cm³/mol. The largest absolute Gasteiger partial charge is 0.322 e. The Morgan fingerprint density at radius 1 is 0.812 bits per heavy atom. The number of carbonyl (C=O) groups excluding carboxylic acids is 1. The standard InChI is InChI=1S/C24H26F2O3P2S/c1-30(2,28)23(27)20-10-9-19-8-5-18(13-21(19)14-20)16-32-15-17-6-11-22(12-7-17)24(25,26)31(3,4)29/h5-14H,15-16H2,1-4H3. The number of alkyl halides is 2. The molecule has 3 aromatic rings. The zero-order valence-corrected chi connectivity index (χ0v) is 21.1. The second-order valence-corrected chi connectivity index (χ2v) is 16.0. The van der Waals surface area contributed by atoms with Crippen LogP contribution in [0.25, 0.3) is 10.8 Å². The summed E-state index contributed by atoms with van der Waals surface area (Å²) in [6.45, 7) is 5.15. The number of hydrogen-bond donors (Lipinski definition) is 0. The molecule has 0 amide bonds. The van der Waals surface area contributed by atoms with E-state index in [9.17, 15) is 22.7 Å². The first-order chi connectivity index (χ1) is 14.8. The van der Waals surface area contributed by atoms with Crippen LogP contribution in [0.2, 0.25) is 0 Å². The van der Waals surface area contributed by atoms with Crippen molar-refractivity contribution in [3.63, 3.8) is 0 Å². The summed E-state index contributed by atoms with van der Waals surface area (Å²) in [5.74, 6) is 1.36. The molecule has 0 aliphatic rings. The summed E-state index contributed by atoms with van der Waals surface area (Å²) in [7, 11) is -6.43. The number of thioether (sulfide) groups is 1. The van der Waals surface area contributed by atoms with E-state index in [1.807, 2.05) is 24.3 Å². The fraction of sp³-hybridized carbons (Fsp3) is 0.292. The topological polar surface area (TPSA) is 51.2 Å². The summed E-state index contributed by atoms with van der Waals surface area (Å²) in [5.41, 5.74) is -1.43. The first kappa shape index (κ1) is 24.9. The molecule has 0 saturated carbocycles. The minimum atomic E-state index is -3.58. The highest BCUT2D eigenvalue weighted by Crippen LogP contribution is 2.60. The van der Waals surface area contributed by atoms with Crippen molar-refractivity contribution in [2.24, 2.45) is 0 Å². The van der Waals surface area contributed by atoms with E-state index in [2.05, 4.69) is 0 Å². The van der Waals surface area contributed by atoms with Crippen molar-refractivity contribution >= 4 is 42.3 Å². The van der Waals surface area contributed by atoms with Gasteiger partial charge in [0.1, 0.15) is 7.14 Å². The minimum absolute atomic E-state index is 0.219. The van der Waals surface area contributed by atoms with Crippen LogP contribution < -0.4 is 0 Å². The zero-order valence-electron chi connectivity index (χ0n) is 18.5. The summed E-state index contributed by atoms with van der Waals surface area (Å²) < 4.78 is 52.4. The summed E-state index contributed by atoms with van der Waals surface area (Å²) in [6, 6.07) is 17.4. The molecule has 0 aromatic heterocycles. The third-order valence-electron chi connectivity index (χ3n) is 5.16. The smallest absolute Gasteiger partial charge is 0.317 e. The molecule has 0 radical (unpaired) electrons. The molecule has 0 aliphatic heterocycles. The molecule has 170 valence electrons. The average molecular weight is 494 g/mol. The van der Waals surface area contributed by atoms with Crippen LogP contribution in [0, 0.1) is 0 Å². The van der Waals surface area contributed by atoms with Crippen LogP contribution in [0.1, 0.15) is 27.0 Å². The van der Waals surface area contributed by atoms with Crippen LogP contribution in [0.5, 0.6) is 0 Å². The molecule has 0 atom stereocenters. The number of halogens is 2. The first-order valence-corrected chi connectivity index (χ1v) is 16.4. The fourth-order valence-corrected chi connectivity index (χ4v) is 5.71. The lowest BCUT2D eigenvalue weighted by atomic mass is 10.1. The highest BCUT2D eigenvalue weighted by atomic mass is 32.2. The molecular formula is C24H26F2O3P2S. The summed E-state index contributed by atoms with van der Waals surface area (Å²) in [5, 5.41) is 1.91. The van der Waals surface area contributed by atoms with Crippen LogP contribution in [0.15, 0.2) is 60.7 Å². The molecule has 3 nitrogen and oxygen atoms in total. The maximum atomic E-state index is 14.2. The summed E-state index contributed by atoms with van der Waals surface area (Å²) >= 11 is 1.65. The van der Waals surface area contributed by atoms with Gasteiger partial charge in [0.05, 0.1) is 0 Å². The van der Waals surface area contributed by atoms with E-state index in [1.54, 1.807) is 36.0 Å². The SMILES string of the molecule is CP(C)(=O)C(=O)c1ccc2ccc(CSCc3ccc(C(F)(F)P(C)(C)=O)cc3)cc2c1. The second kappa shape index (κ2) is 9.25. The third-order valence-corrected chi connectivity index (χ3v) is 9.08. The summed E-state index contributed by atoms with van der Waals surface area (Å²) in [6.07, 6.45) is 0. The Hall–Kier alpha value is -1.74. The molecule has 3 rings (SSSR count). The molecule has 0 N–H and O–H groups in total. The molecule has 0 fully saturated rings. The molecular weight excluding hydrogens is 468 g/mol. The lowest BCUT2D eigenvalue weighted by Gasteiger charge is -2.21. The lowest BCUT2D eigenvalue weighted by Crippen LogP contribution is -2.12. The van der Waals surface area contributed by atoms with Gasteiger partial charge in [-0.2, -0.15) is 20.5 Å². The van der Waals surface area contributed by atoms with Crippen molar-refractivity contribution in [1.82, 2.24) is 0 Å². The normalized spacial score (nSPS) is 12.8. The number of rotatable bonds is 8. The van der Waals surface area contributed by atoms with E-state index < -0.39 is 19.9 Å². The van der Waals surface area contributed by atoms with Gasteiger partial charge in [0.15, 0.2) is 7.14 Å². The zero-order chi connectivity index (χ0) is 23.7. The van der Waals surface area contributed by atoms with Gasteiger partial charge in [-0.05, 0) is 54.6 Å². The quantitative estimate of drug-likeness (QED) is 0.301. The van der Waals surface area contributed by atoms with Gasteiger partial charge in [0.2, 0.25) is 5.52 Å². The number of hydrogen-bond acceptors (Lipinski definition) is 4. The molecule has 3 aromatic carbocycles. The number of benzene rings is 3. The Balaban J connectivity index is 1.68. The maximum absolute atomic E-state index is 14.2. The highest BCUT2D eigenvalue weighted by Gasteiger charge is 2.44. The minimum Gasteiger partial charge on any atom is -0.317 e. The van der Waals surface area contributed by atoms with E-state index in [-0.39, 0.29) is 11.1 Å². The maximum Gasteiger partial charge on any atom is 0.322 e. The monoisotopic (exact) mass is 494 g/mol. The van der Waals surface area contributed by atoms with Gasteiger partial charge in [-0.3, -0.25) is 4.79 Å². The third kappa shape index (κ3) is 5.60. The highest BCUT2D eigenvalue weighted by molar-refractivity contribution is 7.97. The van der Waals surface area contributed by atoms with Crippen molar-refractivity contribution in [1.29, 1.82) is 0 Å². The van der Waals surface area contributed by atoms with E-state index >= 15 is 0 Å². The van der Waals surface area contributed by atoms with E-state index in [0.717, 1.165) is 35.2 Å². The van der Waals surface area contributed by atoms with Gasteiger partial charge in [-0.15, -0.1) is 0 Å². The second-order valence-electron chi connectivity index (χ2n) is 8.63. The number of fused-ring (bicyclic) bond motifs is 1. The predicted octanol–water partition coefficient (Wildman–Crippen LogP) is 7.71. The Bertz CT molecular complexity index is 1240. The Kier molecular flexibility index (Phi) is 7.20. The summed E-state index contributed by atoms with van der Waals surface area (Å²) in [4.78, 5) is 12.3. The van der Waals surface area contributed by atoms with Crippen LogP contribution in [-0.4, -0.2) is 32.2 Å². The molecule has 0 unspecified atom stereocenters. The van der Waals surface area contributed by atoms with Crippen LogP contribution in [0.4, 0.5) is 8.78 Å². The molecule has 32 heavy (non-hydrogen) atoms. The van der Waals surface area contributed by atoms with Crippen molar-refractivity contribution in [3.8, 4) is 0 Å². The molecule has 0 aliphatic carbocycles. The number of carbonyl (C=O) groups is 1. The Labute approximate surface area is 191 Å². The molecule has 0 heterocycles. The van der Waals surface area contributed by atoms with Gasteiger partial charge < -0.3 is 9.13 Å². The van der Waals surface area contributed by atoms with E-state index in [0.29, 0.717) is 17.1 Å². The lowest BCUT2D eigenvalue weighted by molar-refractivity contribution is 0.0893. The molecule has 8 heteroatoms. The first-order valence-electron chi connectivity index (χ1n) is 10.0. The van der Waals surface area contributed by atoms with Gasteiger partial charge in [0.25, 0.3) is 0 Å². The average Bonchev–Trinajstić information content (AvgIpc) is 2.71. The van der Waals surface area contributed by atoms with E-state index in [1.165, 1.54) is 25.5 Å². The molecule has 0 bridgehead atoms. The van der Waals surface area contributed by atoms with Crippen LogP contribution in [-0.2, 0) is 26.3 Å². The van der Waals surface area contributed by atoms with Crippen molar-refractivity contribution < 1.29 is 22.7 Å². The van der Waals surface area contributed by atoms with Gasteiger partial charge in [-0.1, -0.05) is 54.6 Å². The van der Waals surface area contributed by atoms with Crippen molar-refractivity contribution in [2.45, 2.75) is 17.2 Å². The Morgan fingerprint density at radius 2 is 1.38 bits per heavy atom. The van der Waals surface area contributed by atoms with Gasteiger partial charge in [-0.25, -0.2) is 0 Å². The van der Waals surface area contributed by atoms with Crippen molar-refractivity contribution in [2.75, 3.05) is 26.7 Å². The van der Waals surface area contributed by atoms with Gasteiger partial charge in [0, 0.05) is 22.6 Å². The van der Waals surface area contributed by atoms with Gasteiger partial charge >= 0.3 is 5.66 Å².